The Morgan fingerprint density at radius 2 is 2.24 bits per heavy atom. The first-order valence-electron chi connectivity index (χ1n) is 6.09. The second-order valence-electron chi connectivity index (χ2n) is 4.41. The van der Waals surface area contributed by atoms with Crippen molar-refractivity contribution in [3.63, 3.8) is 0 Å². The van der Waals surface area contributed by atoms with E-state index in [-0.39, 0.29) is 0 Å². The van der Waals surface area contributed by atoms with Gasteiger partial charge in [-0.2, -0.15) is 11.8 Å². The fraction of sp³-hybridized carbons (Fsp3) is 0.429. The molecule has 2 aromatic rings. The topological polar surface area (TPSA) is 27.8 Å². The zero-order valence-corrected chi connectivity index (χ0v) is 11.3. The number of thioether (sulfide) groups is 1. The Hall–Kier alpha value is -0.930. The molecule has 1 unspecified atom stereocenters. The number of benzene rings is 1. The molecule has 0 saturated carbocycles. The monoisotopic (exact) mass is 248 g/mol. The van der Waals surface area contributed by atoms with Crippen molar-refractivity contribution in [3.05, 3.63) is 36.0 Å². The van der Waals surface area contributed by atoms with E-state index in [1.807, 2.05) is 18.0 Å². The summed E-state index contributed by atoms with van der Waals surface area (Å²) in [6.07, 6.45) is 5.39. The van der Waals surface area contributed by atoms with Crippen molar-refractivity contribution in [2.75, 3.05) is 12.8 Å². The average Bonchev–Trinajstić information content (AvgIpc) is 2.81. The lowest BCUT2D eigenvalue weighted by molar-refractivity contribution is 0.648. The summed E-state index contributed by atoms with van der Waals surface area (Å²) in [4.78, 5) is 3.21. The first-order valence-corrected chi connectivity index (χ1v) is 7.38. The quantitative estimate of drug-likeness (QED) is 0.767. The summed E-state index contributed by atoms with van der Waals surface area (Å²) in [6, 6.07) is 8.70. The first kappa shape index (κ1) is 12.5. The number of aromatic amines is 1. The van der Waals surface area contributed by atoms with Crippen LogP contribution in [-0.4, -0.2) is 23.0 Å². The molecule has 3 heteroatoms. The maximum Gasteiger partial charge on any atom is 0.0454 e. The molecule has 0 aliphatic carbocycles. The van der Waals surface area contributed by atoms with Gasteiger partial charge in [0.25, 0.3) is 0 Å². The fourth-order valence-electron chi connectivity index (χ4n) is 1.87. The molecule has 2 nitrogen and oxygen atoms in total. The zero-order valence-electron chi connectivity index (χ0n) is 10.5. The Morgan fingerprint density at radius 1 is 1.35 bits per heavy atom. The molecule has 0 amide bonds. The summed E-state index contributed by atoms with van der Waals surface area (Å²) in [6.45, 7) is 4.33. The lowest BCUT2D eigenvalue weighted by Crippen LogP contribution is -2.17. The molecule has 0 radical (unpaired) electrons. The molecule has 0 spiro atoms. The van der Waals surface area contributed by atoms with Crippen molar-refractivity contribution in [2.24, 2.45) is 0 Å². The number of fused-ring (bicyclic) bond motifs is 1. The van der Waals surface area contributed by atoms with Crippen molar-refractivity contribution < 1.29 is 0 Å². The Morgan fingerprint density at radius 3 is 3.06 bits per heavy atom. The van der Waals surface area contributed by atoms with Gasteiger partial charge in [-0.1, -0.05) is 13.0 Å². The van der Waals surface area contributed by atoms with Crippen molar-refractivity contribution in [2.45, 2.75) is 25.1 Å². The van der Waals surface area contributed by atoms with E-state index in [0.717, 1.165) is 18.3 Å². The Balaban J connectivity index is 1.82. The third kappa shape index (κ3) is 3.51. The first-order chi connectivity index (χ1) is 8.29. The lowest BCUT2D eigenvalue weighted by Gasteiger charge is -2.09. The van der Waals surface area contributed by atoms with Crippen molar-refractivity contribution in [3.8, 4) is 0 Å². The Labute approximate surface area is 107 Å². The van der Waals surface area contributed by atoms with Crippen LogP contribution in [0.3, 0.4) is 0 Å². The smallest absolute Gasteiger partial charge is 0.0454 e. The average molecular weight is 248 g/mol. The molecule has 92 valence electrons. The number of aromatic nitrogens is 1. The lowest BCUT2D eigenvalue weighted by atomic mass is 10.1. The number of nitrogens with one attached hydrogen (secondary N) is 2. The summed E-state index contributed by atoms with van der Waals surface area (Å²) in [5, 5.41) is 5.54. The Bertz CT molecular complexity index is 464. The normalized spacial score (nSPS) is 13.1. The maximum absolute atomic E-state index is 3.50. The fourth-order valence-corrected chi connectivity index (χ4v) is 2.22. The van der Waals surface area contributed by atoms with Crippen molar-refractivity contribution >= 4 is 22.7 Å². The van der Waals surface area contributed by atoms with Gasteiger partial charge in [-0.05, 0) is 48.4 Å². The molecule has 1 atom stereocenters. The molecule has 1 heterocycles. The van der Waals surface area contributed by atoms with E-state index in [0.29, 0.717) is 0 Å². The number of rotatable bonds is 6. The van der Waals surface area contributed by atoms with Crippen LogP contribution in [0.15, 0.2) is 30.5 Å². The third-order valence-corrected chi connectivity index (χ3v) is 4.12. The molecule has 1 aromatic carbocycles. The second kappa shape index (κ2) is 6.12. The van der Waals surface area contributed by atoms with E-state index in [1.54, 1.807) is 0 Å². The summed E-state index contributed by atoms with van der Waals surface area (Å²) in [5.74, 6) is 0. The highest BCUT2D eigenvalue weighted by atomic mass is 32.2. The van der Waals surface area contributed by atoms with Crippen LogP contribution in [0.5, 0.6) is 0 Å². The van der Waals surface area contributed by atoms with Crippen LogP contribution in [0.1, 0.15) is 18.9 Å². The maximum atomic E-state index is 3.50. The molecule has 0 bridgehead atoms. The van der Waals surface area contributed by atoms with E-state index in [9.17, 15) is 0 Å². The standard InChI is InChI=1S/C14H20N2S/c1-11(17-2)5-7-15-10-12-3-4-14-13(9-12)6-8-16-14/h3-4,6,8-9,11,15-16H,5,7,10H2,1-2H3. The number of H-pyrrole nitrogens is 1. The van der Waals surface area contributed by atoms with E-state index in [4.69, 9.17) is 0 Å². The largest absolute Gasteiger partial charge is 0.361 e. The molecule has 0 saturated heterocycles. The Kier molecular flexibility index (Phi) is 4.51. The predicted octanol–water partition coefficient (Wildman–Crippen LogP) is 3.40. The molecule has 0 aliphatic heterocycles. The van der Waals surface area contributed by atoms with Gasteiger partial charge in [0.05, 0.1) is 0 Å². The van der Waals surface area contributed by atoms with Crippen molar-refractivity contribution in [1.29, 1.82) is 0 Å². The highest BCUT2D eigenvalue weighted by Gasteiger charge is 1.99. The van der Waals surface area contributed by atoms with E-state index in [2.05, 4.69) is 47.7 Å². The van der Waals surface area contributed by atoms with E-state index in [1.165, 1.54) is 22.9 Å². The van der Waals surface area contributed by atoms with Gasteiger partial charge in [-0.15, -0.1) is 0 Å². The summed E-state index contributed by atoms with van der Waals surface area (Å²) < 4.78 is 0. The van der Waals surface area contributed by atoms with Crippen LogP contribution >= 0.6 is 11.8 Å². The molecule has 2 N–H and O–H groups in total. The molecule has 0 fully saturated rings. The predicted molar refractivity (Wildman–Crippen MR) is 77.6 cm³/mol. The van der Waals surface area contributed by atoms with Crippen LogP contribution in [0.2, 0.25) is 0 Å². The van der Waals surface area contributed by atoms with E-state index >= 15 is 0 Å². The van der Waals surface area contributed by atoms with Gasteiger partial charge in [0.15, 0.2) is 0 Å². The van der Waals surface area contributed by atoms with E-state index < -0.39 is 0 Å². The highest BCUT2D eigenvalue weighted by Crippen LogP contribution is 2.14. The molecule has 2 rings (SSSR count). The van der Waals surface area contributed by atoms with Crippen LogP contribution in [-0.2, 0) is 6.54 Å². The minimum atomic E-state index is 0.745. The zero-order chi connectivity index (χ0) is 12.1. The molecule has 17 heavy (non-hydrogen) atoms. The molecule has 1 aromatic heterocycles. The molecular formula is C14H20N2S. The number of hydrogen-bond acceptors (Lipinski definition) is 2. The van der Waals surface area contributed by atoms with Crippen LogP contribution < -0.4 is 5.32 Å². The SMILES string of the molecule is CSC(C)CCNCc1ccc2[nH]ccc2c1. The summed E-state index contributed by atoms with van der Waals surface area (Å²) >= 11 is 1.93. The van der Waals surface area contributed by atoms with Gasteiger partial charge >= 0.3 is 0 Å². The van der Waals surface area contributed by atoms with Gasteiger partial charge in [-0.25, -0.2) is 0 Å². The van der Waals surface area contributed by atoms with Gasteiger partial charge in [0, 0.05) is 23.5 Å². The molecular weight excluding hydrogens is 228 g/mol. The third-order valence-electron chi connectivity index (χ3n) is 3.08. The van der Waals surface area contributed by atoms with Crippen LogP contribution in [0, 0.1) is 0 Å². The van der Waals surface area contributed by atoms with Gasteiger partial charge in [0.1, 0.15) is 0 Å². The van der Waals surface area contributed by atoms with Crippen LogP contribution in [0.4, 0.5) is 0 Å². The van der Waals surface area contributed by atoms with Gasteiger partial charge < -0.3 is 10.3 Å². The minimum Gasteiger partial charge on any atom is -0.361 e. The number of hydrogen-bond donors (Lipinski definition) is 2. The molecule has 0 aliphatic rings. The second-order valence-corrected chi connectivity index (χ2v) is 5.69. The highest BCUT2D eigenvalue weighted by molar-refractivity contribution is 7.99. The minimum absolute atomic E-state index is 0.745. The summed E-state index contributed by atoms with van der Waals surface area (Å²) in [5.41, 5.74) is 2.57. The van der Waals surface area contributed by atoms with Crippen molar-refractivity contribution in [1.82, 2.24) is 10.3 Å². The van der Waals surface area contributed by atoms with Crippen LogP contribution in [0.25, 0.3) is 10.9 Å². The summed E-state index contributed by atoms with van der Waals surface area (Å²) in [7, 11) is 0. The van der Waals surface area contributed by atoms with Gasteiger partial charge in [0.2, 0.25) is 0 Å². The van der Waals surface area contributed by atoms with Gasteiger partial charge in [-0.3, -0.25) is 0 Å².